The van der Waals surface area contributed by atoms with Crippen LogP contribution in [0.3, 0.4) is 0 Å². The van der Waals surface area contributed by atoms with E-state index in [1.165, 1.54) is 50.3 Å². The highest BCUT2D eigenvalue weighted by molar-refractivity contribution is 5.37. The number of piperazine rings is 1. The summed E-state index contributed by atoms with van der Waals surface area (Å²) in [6, 6.07) is 8.60. The standard InChI is InChI=1S/C21H32N4O/c1-18(2)26-21-8-7-19(16-20(21)17-25-11-5-9-22-25)6-4-10-24-14-12-23(3)13-15-24/h5,7-9,11,16,18H,4,6,10,12-15,17H2,1-3H3. The minimum Gasteiger partial charge on any atom is -0.491 e. The molecule has 0 bridgehead atoms. The Morgan fingerprint density at radius 1 is 1.15 bits per heavy atom. The average molecular weight is 357 g/mol. The molecule has 0 atom stereocenters. The molecule has 26 heavy (non-hydrogen) atoms. The van der Waals surface area contributed by atoms with Crippen LogP contribution in [-0.2, 0) is 13.0 Å². The van der Waals surface area contributed by atoms with Crippen LogP contribution in [0, 0.1) is 0 Å². The Labute approximate surface area is 157 Å². The van der Waals surface area contributed by atoms with Gasteiger partial charge in [0.1, 0.15) is 5.75 Å². The molecule has 1 aliphatic rings. The third kappa shape index (κ3) is 5.58. The molecule has 0 spiro atoms. The van der Waals surface area contributed by atoms with E-state index < -0.39 is 0 Å². The number of nitrogens with zero attached hydrogens (tertiary/aromatic N) is 4. The highest BCUT2D eigenvalue weighted by Crippen LogP contribution is 2.23. The van der Waals surface area contributed by atoms with E-state index in [1.807, 2.05) is 23.1 Å². The Hall–Kier alpha value is -1.85. The predicted octanol–water partition coefficient (Wildman–Crippen LogP) is 2.90. The zero-order chi connectivity index (χ0) is 18.4. The molecule has 3 rings (SSSR count). The first-order valence-corrected chi connectivity index (χ1v) is 9.77. The topological polar surface area (TPSA) is 33.5 Å². The molecule has 5 nitrogen and oxygen atoms in total. The number of aromatic nitrogens is 2. The molecule has 1 aliphatic heterocycles. The van der Waals surface area contributed by atoms with Crippen molar-refractivity contribution >= 4 is 0 Å². The molecule has 0 amide bonds. The van der Waals surface area contributed by atoms with E-state index in [2.05, 4.69) is 54.0 Å². The van der Waals surface area contributed by atoms with Crippen molar-refractivity contribution in [2.45, 2.75) is 39.3 Å². The quantitative estimate of drug-likeness (QED) is 0.728. The van der Waals surface area contributed by atoms with Gasteiger partial charge in [-0.1, -0.05) is 12.1 Å². The number of hydrogen-bond donors (Lipinski definition) is 0. The zero-order valence-electron chi connectivity index (χ0n) is 16.4. The van der Waals surface area contributed by atoms with E-state index >= 15 is 0 Å². The summed E-state index contributed by atoms with van der Waals surface area (Å²) in [5.74, 6) is 0.971. The lowest BCUT2D eigenvalue weighted by Gasteiger charge is -2.32. The highest BCUT2D eigenvalue weighted by Gasteiger charge is 2.13. The summed E-state index contributed by atoms with van der Waals surface area (Å²) < 4.78 is 7.96. The van der Waals surface area contributed by atoms with Gasteiger partial charge in [0.2, 0.25) is 0 Å². The monoisotopic (exact) mass is 356 g/mol. The predicted molar refractivity (Wildman–Crippen MR) is 106 cm³/mol. The van der Waals surface area contributed by atoms with Crippen LogP contribution in [-0.4, -0.2) is 65.5 Å². The second kappa shape index (κ2) is 9.19. The van der Waals surface area contributed by atoms with Crippen molar-refractivity contribution < 1.29 is 4.74 Å². The molecule has 1 aromatic carbocycles. The Bertz CT molecular complexity index is 661. The minimum atomic E-state index is 0.175. The fraction of sp³-hybridized carbons (Fsp3) is 0.571. The van der Waals surface area contributed by atoms with Gasteiger partial charge in [0, 0.05) is 44.1 Å². The van der Waals surface area contributed by atoms with Crippen molar-refractivity contribution in [3.8, 4) is 5.75 Å². The number of aryl methyl sites for hydroxylation is 1. The van der Waals surface area contributed by atoms with E-state index in [0.717, 1.165) is 18.7 Å². The van der Waals surface area contributed by atoms with Gasteiger partial charge in [-0.2, -0.15) is 5.10 Å². The Balaban J connectivity index is 1.60. The van der Waals surface area contributed by atoms with Gasteiger partial charge >= 0.3 is 0 Å². The number of ether oxygens (including phenoxy) is 1. The van der Waals surface area contributed by atoms with Crippen LogP contribution in [0.4, 0.5) is 0 Å². The molecule has 1 saturated heterocycles. The van der Waals surface area contributed by atoms with Crippen LogP contribution >= 0.6 is 0 Å². The third-order valence-corrected chi connectivity index (χ3v) is 4.91. The van der Waals surface area contributed by atoms with Gasteiger partial charge < -0.3 is 14.5 Å². The van der Waals surface area contributed by atoms with Crippen molar-refractivity contribution in [2.24, 2.45) is 0 Å². The number of likely N-dealkylation sites (N-methyl/N-ethyl adjacent to an activating group) is 1. The van der Waals surface area contributed by atoms with E-state index in [0.29, 0.717) is 0 Å². The van der Waals surface area contributed by atoms with Gasteiger partial charge in [-0.3, -0.25) is 4.68 Å². The summed E-state index contributed by atoms with van der Waals surface area (Å²) in [5, 5.41) is 4.34. The summed E-state index contributed by atoms with van der Waals surface area (Å²) in [6.45, 7) is 10.9. The summed E-state index contributed by atoms with van der Waals surface area (Å²) >= 11 is 0. The van der Waals surface area contributed by atoms with Gasteiger partial charge in [0.15, 0.2) is 0 Å². The first-order chi connectivity index (χ1) is 12.6. The maximum atomic E-state index is 6.00. The molecule has 5 heteroatoms. The van der Waals surface area contributed by atoms with Gasteiger partial charge in [-0.05, 0) is 58.0 Å². The van der Waals surface area contributed by atoms with E-state index in [9.17, 15) is 0 Å². The van der Waals surface area contributed by atoms with E-state index in [4.69, 9.17) is 4.74 Å². The molecule has 142 valence electrons. The maximum absolute atomic E-state index is 6.00. The van der Waals surface area contributed by atoms with Crippen LogP contribution < -0.4 is 4.74 Å². The molecule has 0 saturated carbocycles. The molecule has 2 aromatic rings. The van der Waals surface area contributed by atoms with Crippen molar-refractivity contribution in [2.75, 3.05) is 39.8 Å². The van der Waals surface area contributed by atoms with Gasteiger partial charge in [0.05, 0.1) is 12.6 Å². The molecule has 2 heterocycles. The number of hydrogen-bond acceptors (Lipinski definition) is 4. The first-order valence-electron chi connectivity index (χ1n) is 9.77. The Kier molecular flexibility index (Phi) is 6.69. The van der Waals surface area contributed by atoms with Gasteiger partial charge in [-0.15, -0.1) is 0 Å². The summed E-state index contributed by atoms with van der Waals surface area (Å²) in [7, 11) is 2.21. The van der Waals surface area contributed by atoms with Crippen LogP contribution in [0.25, 0.3) is 0 Å². The minimum absolute atomic E-state index is 0.175. The Morgan fingerprint density at radius 3 is 2.65 bits per heavy atom. The first kappa shape index (κ1) is 18.9. The van der Waals surface area contributed by atoms with E-state index in [1.54, 1.807) is 0 Å². The normalized spacial score (nSPS) is 16.3. The molecule has 0 unspecified atom stereocenters. The molecular weight excluding hydrogens is 324 g/mol. The van der Waals surface area contributed by atoms with Gasteiger partial charge in [-0.25, -0.2) is 0 Å². The molecule has 0 aliphatic carbocycles. The molecule has 1 aromatic heterocycles. The molecule has 0 radical (unpaired) electrons. The number of benzene rings is 1. The fourth-order valence-electron chi connectivity index (χ4n) is 3.43. The van der Waals surface area contributed by atoms with Crippen molar-refractivity contribution in [1.29, 1.82) is 0 Å². The zero-order valence-corrected chi connectivity index (χ0v) is 16.4. The van der Waals surface area contributed by atoms with E-state index in [-0.39, 0.29) is 6.10 Å². The van der Waals surface area contributed by atoms with Gasteiger partial charge in [0.25, 0.3) is 0 Å². The van der Waals surface area contributed by atoms with Crippen molar-refractivity contribution in [1.82, 2.24) is 19.6 Å². The molecule has 0 N–H and O–H groups in total. The van der Waals surface area contributed by atoms with Crippen LogP contribution in [0.2, 0.25) is 0 Å². The van der Waals surface area contributed by atoms with Crippen molar-refractivity contribution in [3.05, 3.63) is 47.8 Å². The van der Waals surface area contributed by atoms with Crippen LogP contribution in [0.5, 0.6) is 5.75 Å². The molecule has 1 fully saturated rings. The summed E-state index contributed by atoms with van der Waals surface area (Å²) in [6.07, 6.45) is 6.31. The molecular formula is C21H32N4O. The maximum Gasteiger partial charge on any atom is 0.124 e. The largest absolute Gasteiger partial charge is 0.491 e. The second-order valence-electron chi connectivity index (χ2n) is 7.56. The summed E-state index contributed by atoms with van der Waals surface area (Å²) in [5.41, 5.74) is 2.59. The number of rotatable bonds is 8. The average Bonchev–Trinajstić information content (AvgIpc) is 3.11. The lowest BCUT2D eigenvalue weighted by Crippen LogP contribution is -2.44. The highest BCUT2D eigenvalue weighted by atomic mass is 16.5. The SMILES string of the molecule is CC(C)Oc1ccc(CCCN2CCN(C)CC2)cc1Cn1cccn1. The Morgan fingerprint density at radius 2 is 1.96 bits per heavy atom. The second-order valence-corrected chi connectivity index (χ2v) is 7.56. The lowest BCUT2D eigenvalue weighted by atomic mass is 10.0. The lowest BCUT2D eigenvalue weighted by molar-refractivity contribution is 0.153. The fourth-order valence-corrected chi connectivity index (χ4v) is 3.43. The smallest absolute Gasteiger partial charge is 0.124 e. The van der Waals surface area contributed by atoms with Crippen LogP contribution in [0.1, 0.15) is 31.4 Å². The van der Waals surface area contributed by atoms with Crippen molar-refractivity contribution in [3.63, 3.8) is 0 Å². The third-order valence-electron chi connectivity index (χ3n) is 4.91. The van der Waals surface area contributed by atoms with Crippen LogP contribution in [0.15, 0.2) is 36.7 Å². The summed E-state index contributed by atoms with van der Waals surface area (Å²) in [4.78, 5) is 4.99.